The molecule has 3 rings (SSSR count). The van der Waals surface area contributed by atoms with Crippen molar-refractivity contribution in [1.82, 2.24) is 9.88 Å². The molecule has 7 nitrogen and oxygen atoms in total. The minimum absolute atomic E-state index is 0.0767. The molecule has 1 aliphatic heterocycles. The van der Waals surface area contributed by atoms with Crippen molar-refractivity contribution in [2.24, 2.45) is 0 Å². The van der Waals surface area contributed by atoms with Gasteiger partial charge in [0.15, 0.2) is 5.88 Å². The van der Waals surface area contributed by atoms with Gasteiger partial charge in [-0.2, -0.15) is 0 Å². The number of fused-ring (bicyclic) bond motifs is 1. The predicted molar refractivity (Wildman–Crippen MR) is 93.9 cm³/mol. The average molecular weight is 353 g/mol. The van der Waals surface area contributed by atoms with E-state index >= 15 is 0 Å². The van der Waals surface area contributed by atoms with Crippen LogP contribution in [-0.4, -0.2) is 47.3 Å². The fourth-order valence-corrected chi connectivity index (χ4v) is 3.62. The van der Waals surface area contributed by atoms with Crippen LogP contribution in [-0.2, 0) is 0 Å². The van der Waals surface area contributed by atoms with Gasteiger partial charge < -0.3 is 25.1 Å². The number of nitrogen functional groups attached to an aromatic ring is 1. The summed E-state index contributed by atoms with van der Waals surface area (Å²) in [7, 11) is 1.59. The zero-order chi connectivity index (χ0) is 17.6. The number of carbonyl (C=O) groups is 1. The summed E-state index contributed by atoms with van der Waals surface area (Å²) >= 11 is 6.40. The van der Waals surface area contributed by atoms with Crippen LogP contribution in [0.3, 0.4) is 0 Å². The largest absolute Gasteiger partial charge is 0.465 e. The molecule has 1 aliphatic rings. The molecule has 1 fully saturated rings. The fourth-order valence-electron chi connectivity index (χ4n) is 3.23. The van der Waals surface area contributed by atoms with Gasteiger partial charge in [0.25, 0.3) is 0 Å². The SMILES string of the molecule is CC(C)c1c(Cl)nc(N2CCC(N(C)C(=O)O)C2)c2cc(N)oc12. The van der Waals surface area contributed by atoms with Crippen LogP contribution < -0.4 is 10.6 Å². The lowest BCUT2D eigenvalue weighted by molar-refractivity contribution is 0.142. The Bertz CT molecular complexity index is 789. The lowest BCUT2D eigenvalue weighted by Crippen LogP contribution is -2.38. The second-order valence-corrected chi connectivity index (χ2v) is 6.83. The van der Waals surface area contributed by atoms with Crippen molar-refractivity contribution in [3.05, 3.63) is 16.8 Å². The van der Waals surface area contributed by atoms with Crippen LogP contribution in [0.2, 0.25) is 5.15 Å². The van der Waals surface area contributed by atoms with Crippen molar-refractivity contribution >= 4 is 40.4 Å². The molecule has 8 heteroatoms. The Morgan fingerprint density at radius 3 is 2.92 bits per heavy atom. The molecule has 0 spiro atoms. The molecule has 3 heterocycles. The van der Waals surface area contributed by atoms with Crippen LogP contribution in [0, 0.1) is 0 Å². The van der Waals surface area contributed by atoms with Gasteiger partial charge in [-0.1, -0.05) is 25.4 Å². The van der Waals surface area contributed by atoms with Gasteiger partial charge in [-0.25, -0.2) is 9.78 Å². The molecule has 0 bridgehead atoms. The number of amides is 1. The highest BCUT2D eigenvalue weighted by atomic mass is 35.5. The minimum Gasteiger partial charge on any atom is -0.465 e. The molecule has 0 aromatic carbocycles. The summed E-state index contributed by atoms with van der Waals surface area (Å²) in [6, 6.07) is 1.68. The van der Waals surface area contributed by atoms with E-state index in [0.717, 1.165) is 17.4 Å². The fraction of sp³-hybridized carbons (Fsp3) is 0.500. The summed E-state index contributed by atoms with van der Waals surface area (Å²) in [5, 5.41) is 10.4. The number of hydrogen-bond donors (Lipinski definition) is 2. The summed E-state index contributed by atoms with van der Waals surface area (Å²) in [4.78, 5) is 19.1. The standard InChI is InChI=1S/C16H21ClN4O3/c1-8(2)12-13-10(6-11(18)24-13)15(19-14(12)17)21-5-4-9(7-21)20(3)16(22)23/h6,8-9H,4-5,7,18H2,1-3H3,(H,22,23). The first-order valence-corrected chi connectivity index (χ1v) is 8.26. The van der Waals surface area contributed by atoms with Gasteiger partial charge >= 0.3 is 6.09 Å². The predicted octanol–water partition coefficient (Wildman–Crippen LogP) is 3.38. The van der Waals surface area contributed by atoms with Gasteiger partial charge in [0.2, 0.25) is 0 Å². The van der Waals surface area contributed by atoms with Crippen molar-refractivity contribution in [2.75, 3.05) is 30.8 Å². The molecule has 130 valence electrons. The number of anilines is 2. The van der Waals surface area contributed by atoms with Crippen LogP contribution >= 0.6 is 11.6 Å². The van der Waals surface area contributed by atoms with Crippen molar-refractivity contribution in [3.8, 4) is 0 Å². The Morgan fingerprint density at radius 1 is 1.58 bits per heavy atom. The minimum atomic E-state index is -0.930. The first-order chi connectivity index (χ1) is 11.3. The average Bonchev–Trinajstić information content (AvgIpc) is 3.11. The summed E-state index contributed by atoms with van der Waals surface area (Å²) in [6.45, 7) is 5.31. The number of hydrogen-bond acceptors (Lipinski definition) is 5. The lowest BCUT2D eigenvalue weighted by atomic mass is 10.0. The number of furan rings is 1. The highest BCUT2D eigenvalue weighted by molar-refractivity contribution is 6.31. The normalized spacial score (nSPS) is 17.9. The molecule has 24 heavy (non-hydrogen) atoms. The number of halogens is 1. The Kier molecular flexibility index (Phi) is 4.21. The summed E-state index contributed by atoms with van der Waals surface area (Å²) in [6.07, 6.45) is -0.191. The molecule has 2 aromatic heterocycles. The highest BCUT2D eigenvalue weighted by Gasteiger charge is 2.31. The Morgan fingerprint density at radius 2 is 2.29 bits per heavy atom. The number of pyridine rings is 1. The molecule has 3 N–H and O–H groups in total. The number of rotatable bonds is 3. The zero-order valence-corrected chi connectivity index (χ0v) is 14.7. The summed E-state index contributed by atoms with van der Waals surface area (Å²) < 4.78 is 5.68. The van der Waals surface area contributed by atoms with Crippen LogP contribution in [0.15, 0.2) is 10.5 Å². The molecule has 1 unspecified atom stereocenters. The topological polar surface area (TPSA) is 95.8 Å². The van der Waals surface area contributed by atoms with E-state index in [2.05, 4.69) is 4.98 Å². The Balaban J connectivity index is 2.02. The van der Waals surface area contributed by atoms with Crippen molar-refractivity contribution in [1.29, 1.82) is 0 Å². The molecule has 0 saturated carbocycles. The lowest BCUT2D eigenvalue weighted by Gasteiger charge is -2.23. The molecule has 1 amide bonds. The van der Waals surface area contributed by atoms with Gasteiger partial charge in [0.1, 0.15) is 16.6 Å². The third-order valence-electron chi connectivity index (χ3n) is 4.55. The monoisotopic (exact) mass is 352 g/mol. The first-order valence-electron chi connectivity index (χ1n) is 7.88. The van der Waals surface area contributed by atoms with Crippen LogP contribution in [0.5, 0.6) is 0 Å². The van der Waals surface area contributed by atoms with Gasteiger partial charge in [-0.15, -0.1) is 0 Å². The first kappa shape index (κ1) is 16.7. The van der Waals surface area contributed by atoms with Gasteiger partial charge in [0, 0.05) is 31.8 Å². The zero-order valence-electron chi connectivity index (χ0n) is 13.9. The molecule has 1 atom stereocenters. The summed E-state index contributed by atoms with van der Waals surface area (Å²) in [5.41, 5.74) is 7.35. The van der Waals surface area contributed by atoms with Crippen molar-refractivity contribution < 1.29 is 14.3 Å². The van der Waals surface area contributed by atoms with E-state index in [-0.39, 0.29) is 12.0 Å². The van der Waals surface area contributed by atoms with E-state index in [1.54, 1.807) is 13.1 Å². The Hall–Kier alpha value is -2.15. The van der Waals surface area contributed by atoms with E-state index < -0.39 is 6.09 Å². The maximum atomic E-state index is 11.2. The molecule has 2 aromatic rings. The van der Waals surface area contributed by atoms with E-state index in [0.29, 0.717) is 35.5 Å². The maximum absolute atomic E-state index is 11.2. The number of likely N-dealkylation sites (N-methyl/N-ethyl adjacent to an activating group) is 1. The second-order valence-electron chi connectivity index (χ2n) is 6.47. The number of nitrogens with two attached hydrogens (primary N) is 1. The smallest absolute Gasteiger partial charge is 0.407 e. The van der Waals surface area contributed by atoms with E-state index in [4.69, 9.17) is 26.9 Å². The highest BCUT2D eigenvalue weighted by Crippen LogP contribution is 2.39. The third-order valence-corrected chi connectivity index (χ3v) is 4.84. The van der Waals surface area contributed by atoms with Crippen LogP contribution in [0.1, 0.15) is 31.7 Å². The quantitative estimate of drug-likeness (QED) is 0.822. The van der Waals surface area contributed by atoms with Crippen molar-refractivity contribution in [3.63, 3.8) is 0 Å². The molecule has 0 radical (unpaired) electrons. The second kappa shape index (κ2) is 6.05. The van der Waals surface area contributed by atoms with Gasteiger partial charge in [0.05, 0.1) is 11.4 Å². The Labute approximate surface area is 145 Å². The van der Waals surface area contributed by atoms with E-state index in [1.165, 1.54) is 4.90 Å². The van der Waals surface area contributed by atoms with Crippen molar-refractivity contribution in [2.45, 2.75) is 32.2 Å². The number of aromatic nitrogens is 1. The van der Waals surface area contributed by atoms with E-state index in [1.807, 2.05) is 18.7 Å². The third kappa shape index (κ3) is 2.73. The van der Waals surface area contributed by atoms with Crippen LogP contribution in [0.25, 0.3) is 11.0 Å². The molecule has 0 aliphatic carbocycles. The molecular weight excluding hydrogens is 332 g/mol. The van der Waals surface area contributed by atoms with Crippen LogP contribution in [0.4, 0.5) is 16.5 Å². The van der Waals surface area contributed by atoms with Gasteiger partial charge in [-0.05, 0) is 12.3 Å². The number of nitrogens with zero attached hydrogens (tertiary/aromatic N) is 3. The molecule has 1 saturated heterocycles. The van der Waals surface area contributed by atoms with Gasteiger partial charge in [-0.3, -0.25) is 0 Å². The number of carboxylic acid groups (broad SMARTS) is 1. The summed E-state index contributed by atoms with van der Waals surface area (Å²) in [5.74, 6) is 1.16. The molecular formula is C16H21ClN4O3. The van der Waals surface area contributed by atoms with E-state index in [9.17, 15) is 4.79 Å². The maximum Gasteiger partial charge on any atom is 0.407 e.